The SMILES string of the molecule is COC(=O)C(CSN[C@@H](CS)C(=O)S)NC(=O)c1ccc(C(=O)NC(CSSN[C@H](C=O)CS)C(=O)OC)s1. The number of thiol groups is 3. The summed E-state index contributed by atoms with van der Waals surface area (Å²) in [7, 11) is 4.68. The summed E-state index contributed by atoms with van der Waals surface area (Å²) in [5.41, 5.74) is 0. The monoisotopic (exact) mass is 676 g/mol. The largest absolute Gasteiger partial charge is 0.467 e. The van der Waals surface area contributed by atoms with Crippen molar-refractivity contribution in [2.24, 2.45) is 0 Å². The number of thiophene rings is 1. The van der Waals surface area contributed by atoms with Gasteiger partial charge in [-0.05, 0) is 23.1 Å². The predicted molar refractivity (Wildman–Crippen MR) is 165 cm³/mol. The number of esters is 2. The number of rotatable bonds is 19. The van der Waals surface area contributed by atoms with Gasteiger partial charge in [-0.15, -0.1) is 24.0 Å². The highest BCUT2D eigenvalue weighted by Crippen LogP contribution is 2.21. The van der Waals surface area contributed by atoms with Gasteiger partial charge in [0.1, 0.15) is 18.4 Å². The first-order valence-corrected chi connectivity index (χ1v) is 16.6. The predicted octanol–water partition coefficient (Wildman–Crippen LogP) is 0.667. The normalized spacial score (nSPS) is 13.9. The Hall–Kier alpha value is -1.06. The Balaban J connectivity index is 2.77. The maximum Gasteiger partial charge on any atom is 0.329 e. The van der Waals surface area contributed by atoms with Crippen molar-refractivity contribution >= 4 is 118 Å². The van der Waals surface area contributed by atoms with E-state index in [1.807, 2.05) is 0 Å². The summed E-state index contributed by atoms with van der Waals surface area (Å²) in [4.78, 5) is 72.4. The number of amides is 2. The molecule has 19 heteroatoms. The summed E-state index contributed by atoms with van der Waals surface area (Å²) in [5, 5.41) is 4.68. The summed E-state index contributed by atoms with van der Waals surface area (Å²) < 4.78 is 15.2. The molecule has 12 nitrogen and oxygen atoms in total. The fourth-order valence-corrected chi connectivity index (χ4v) is 7.06. The molecule has 1 heterocycles. The average Bonchev–Trinajstić information content (AvgIpc) is 3.43. The molecule has 0 saturated carbocycles. The van der Waals surface area contributed by atoms with Crippen LogP contribution in [0.4, 0.5) is 0 Å². The molecule has 4 N–H and O–H groups in total. The molecule has 1 aromatic rings. The Morgan fingerprint density at radius 1 is 0.897 bits per heavy atom. The van der Waals surface area contributed by atoms with E-state index >= 15 is 0 Å². The molecule has 1 rings (SSSR count). The van der Waals surface area contributed by atoms with Crippen LogP contribution in [0, 0.1) is 0 Å². The second-order valence-electron chi connectivity index (χ2n) is 7.18. The lowest BCUT2D eigenvalue weighted by molar-refractivity contribution is -0.143. The zero-order chi connectivity index (χ0) is 29.4. The number of methoxy groups -OCH3 is 2. The van der Waals surface area contributed by atoms with Crippen LogP contribution in [0.3, 0.4) is 0 Å². The van der Waals surface area contributed by atoms with Crippen molar-refractivity contribution < 1.29 is 38.2 Å². The Bertz CT molecular complexity index is 999. The fraction of sp³-hybridized carbons (Fsp3) is 0.500. The Morgan fingerprint density at radius 2 is 1.44 bits per heavy atom. The van der Waals surface area contributed by atoms with Gasteiger partial charge in [-0.25, -0.2) is 14.3 Å². The fourth-order valence-electron chi connectivity index (χ4n) is 2.37. The van der Waals surface area contributed by atoms with Crippen LogP contribution in [0.15, 0.2) is 12.1 Å². The van der Waals surface area contributed by atoms with Gasteiger partial charge < -0.3 is 24.9 Å². The molecule has 39 heavy (non-hydrogen) atoms. The number of hydrogen-bond acceptors (Lipinski definition) is 16. The summed E-state index contributed by atoms with van der Waals surface area (Å²) in [6.07, 6.45) is 0.707. The molecule has 0 fully saturated rings. The lowest BCUT2D eigenvalue weighted by Gasteiger charge is -2.17. The Morgan fingerprint density at radius 3 is 1.87 bits per heavy atom. The van der Waals surface area contributed by atoms with Gasteiger partial charge in [0.25, 0.3) is 11.8 Å². The highest BCUT2D eigenvalue weighted by Gasteiger charge is 2.26. The van der Waals surface area contributed by atoms with Gasteiger partial charge in [-0.1, -0.05) is 22.7 Å². The molecule has 218 valence electrons. The second-order valence-corrected chi connectivity index (χ2v) is 12.5. The van der Waals surface area contributed by atoms with E-state index in [1.165, 1.54) is 37.1 Å². The highest BCUT2D eigenvalue weighted by atomic mass is 33.1. The van der Waals surface area contributed by atoms with E-state index in [-0.39, 0.29) is 27.0 Å². The van der Waals surface area contributed by atoms with Gasteiger partial charge in [0, 0.05) is 23.0 Å². The first-order valence-electron chi connectivity index (χ1n) is 10.8. The molecular weight excluding hydrogens is 649 g/mol. The van der Waals surface area contributed by atoms with Crippen LogP contribution < -0.4 is 20.1 Å². The zero-order valence-corrected chi connectivity index (χ0v) is 26.6. The van der Waals surface area contributed by atoms with Gasteiger partial charge in [0.15, 0.2) is 0 Å². The summed E-state index contributed by atoms with van der Waals surface area (Å²) in [6, 6.07) is -0.355. The van der Waals surface area contributed by atoms with Crippen LogP contribution in [0.2, 0.25) is 0 Å². The van der Waals surface area contributed by atoms with Crippen LogP contribution >= 0.6 is 82.9 Å². The zero-order valence-electron chi connectivity index (χ0n) is 20.6. The van der Waals surface area contributed by atoms with Crippen LogP contribution in [-0.2, 0) is 28.7 Å². The van der Waals surface area contributed by atoms with Crippen molar-refractivity contribution in [3.63, 3.8) is 0 Å². The third-order valence-electron chi connectivity index (χ3n) is 4.45. The van der Waals surface area contributed by atoms with E-state index in [9.17, 15) is 28.8 Å². The van der Waals surface area contributed by atoms with Gasteiger partial charge in [-0.3, -0.25) is 19.1 Å². The highest BCUT2D eigenvalue weighted by molar-refractivity contribution is 8.76. The number of carbonyl (C=O) groups is 6. The van der Waals surface area contributed by atoms with Crippen molar-refractivity contribution in [2.75, 3.05) is 37.2 Å². The Labute approximate surface area is 258 Å². The molecule has 0 aromatic carbocycles. The molecule has 0 aliphatic rings. The number of ether oxygens (including phenoxy) is 2. The molecule has 0 saturated heterocycles. The van der Waals surface area contributed by atoms with Gasteiger partial charge in [0.05, 0.1) is 36.1 Å². The smallest absolute Gasteiger partial charge is 0.329 e. The van der Waals surface area contributed by atoms with Crippen molar-refractivity contribution in [3.8, 4) is 0 Å². The second kappa shape index (κ2) is 19.9. The maximum atomic E-state index is 12.8. The minimum Gasteiger partial charge on any atom is -0.467 e. The number of carbonyl (C=O) groups excluding carboxylic acids is 6. The van der Waals surface area contributed by atoms with Crippen molar-refractivity contribution in [2.45, 2.75) is 24.2 Å². The molecule has 0 radical (unpaired) electrons. The first-order chi connectivity index (χ1) is 18.6. The minimum absolute atomic E-state index is 0.0371. The van der Waals surface area contributed by atoms with Crippen LogP contribution in [0.25, 0.3) is 0 Å². The molecular formula is C20H28N4O8S7. The van der Waals surface area contributed by atoms with Crippen molar-refractivity contribution in [1.82, 2.24) is 20.1 Å². The summed E-state index contributed by atoms with van der Waals surface area (Å²) in [5.74, 6) is -1.94. The number of nitrogens with one attached hydrogen (secondary N) is 4. The lowest BCUT2D eigenvalue weighted by atomic mass is 10.3. The molecule has 1 aromatic heterocycles. The first kappa shape index (κ1) is 36.0. The van der Waals surface area contributed by atoms with E-state index in [1.54, 1.807) is 0 Å². The van der Waals surface area contributed by atoms with Crippen molar-refractivity contribution in [1.29, 1.82) is 0 Å². The van der Waals surface area contributed by atoms with E-state index < -0.39 is 53.0 Å². The number of aldehydes is 1. The molecule has 4 atom stereocenters. The molecule has 0 aliphatic heterocycles. The van der Waals surface area contributed by atoms with E-state index in [4.69, 9.17) is 9.47 Å². The molecule has 0 aliphatic carbocycles. The minimum atomic E-state index is -1.05. The van der Waals surface area contributed by atoms with E-state index in [0.717, 1.165) is 34.3 Å². The average molecular weight is 677 g/mol. The standard InChI is InChI=1S/C20H28N4O8S7/c1-31-18(28)12(8-36-24-11(7-34)20(30)35)21-16(26)14-3-4-15(38-14)17(27)22-13(19(29)32-2)9-37-39-23-10(5-25)6-33/h3-5,10-13,23-24,33-34H,6-9H2,1-2H3,(H,21,26)(H,22,27)(H,30,35)/t10-,11+,12?,13?/m1/s1. The topological polar surface area (TPSA) is 169 Å². The van der Waals surface area contributed by atoms with Crippen LogP contribution in [0.5, 0.6) is 0 Å². The van der Waals surface area contributed by atoms with Gasteiger partial charge in [-0.2, -0.15) is 25.3 Å². The van der Waals surface area contributed by atoms with Crippen molar-refractivity contribution in [3.05, 3.63) is 21.9 Å². The van der Waals surface area contributed by atoms with Gasteiger partial charge in [0.2, 0.25) is 5.12 Å². The third-order valence-corrected chi connectivity index (χ3v) is 9.59. The van der Waals surface area contributed by atoms with E-state index in [2.05, 4.69) is 58.0 Å². The van der Waals surface area contributed by atoms with E-state index in [0.29, 0.717) is 12.0 Å². The maximum absolute atomic E-state index is 12.8. The molecule has 0 spiro atoms. The summed E-state index contributed by atoms with van der Waals surface area (Å²) in [6.45, 7) is 0. The number of hydrogen-bond donors (Lipinski definition) is 7. The third kappa shape index (κ3) is 13.0. The van der Waals surface area contributed by atoms with Crippen LogP contribution in [-0.4, -0.2) is 96.6 Å². The molecule has 0 bridgehead atoms. The molecule has 2 amide bonds. The van der Waals surface area contributed by atoms with Gasteiger partial charge >= 0.3 is 11.9 Å². The Kier molecular flexibility index (Phi) is 18.4. The summed E-state index contributed by atoms with van der Waals surface area (Å²) >= 11 is 13.7. The lowest BCUT2D eigenvalue weighted by Crippen LogP contribution is -2.44. The molecule has 2 unspecified atom stereocenters. The quantitative estimate of drug-likeness (QED) is 0.0273. The van der Waals surface area contributed by atoms with Crippen LogP contribution in [0.1, 0.15) is 19.3 Å².